The highest BCUT2D eigenvalue weighted by atomic mass is 16.6. The maximum absolute atomic E-state index is 11.1. The molecule has 114 valence electrons. The van der Waals surface area contributed by atoms with E-state index in [2.05, 4.69) is 12.2 Å². The molecule has 0 bridgehead atoms. The van der Waals surface area contributed by atoms with Crippen molar-refractivity contribution in [1.29, 1.82) is 0 Å². The van der Waals surface area contributed by atoms with Crippen LogP contribution < -0.4 is 5.32 Å². The number of carbonyl (C=O) groups is 1. The molecule has 6 nitrogen and oxygen atoms in total. The van der Waals surface area contributed by atoms with Crippen molar-refractivity contribution >= 4 is 17.3 Å². The Bertz CT molecular complexity index is 571. The number of hydrogen-bond acceptors (Lipinski definition) is 4. The lowest BCUT2D eigenvalue weighted by Crippen LogP contribution is -2.26. The fourth-order valence-corrected chi connectivity index (χ4v) is 2.95. The van der Waals surface area contributed by atoms with Crippen molar-refractivity contribution < 1.29 is 14.8 Å². The van der Waals surface area contributed by atoms with Gasteiger partial charge in [-0.2, -0.15) is 0 Å². The van der Waals surface area contributed by atoms with Gasteiger partial charge in [0.25, 0.3) is 5.69 Å². The molecule has 2 unspecified atom stereocenters. The molecule has 1 aromatic carbocycles. The third-order valence-corrected chi connectivity index (χ3v) is 4.12. The lowest BCUT2D eigenvalue weighted by molar-refractivity contribution is -0.385. The van der Waals surface area contributed by atoms with Gasteiger partial charge in [0.15, 0.2) is 0 Å². The van der Waals surface area contributed by atoms with Crippen LogP contribution in [0.25, 0.3) is 0 Å². The Balaban J connectivity index is 2.33. The first kappa shape index (κ1) is 15.3. The summed E-state index contributed by atoms with van der Waals surface area (Å²) in [6.07, 6.45) is 4.34. The molecule has 1 fully saturated rings. The number of nitrogens with zero attached hydrogens (tertiary/aromatic N) is 1. The molecule has 0 radical (unpaired) electrons. The number of aromatic carboxylic acids is 1. The summed E-state index contributed by atoms with van der Waals surface area (Å²) in [7, 11) is 0. The van der Waals surface area contributed by atoms with Crippen molar-refractivity contribution in [3.63, 3.8) is 0 Å². The molecule has 0 aromatic heterocycles. The second-order valence-corrected chi connectivity index (χ2v) is 5.84. The summed E-state index contributed by atoms with van der Waals surface area (Å²) >= 11 is 0. The molecule has 2 atom stereocenters. The Morgan fingerprint density at radius 2 is 2.14 bits per heavy atom. The summed E-state index contributed by atoms with van der Waals surface area (Å²) in [5.74, 6) is -0.535. The van der Waals surface area contributed by atoms with Crippen molar-refractivity contribution in [1.82, 2.24) is 0 Å². The van der Waals surface area contributed by atoms with E-state index in [9.17, 15) is 14.9 Å². The van der Waals surface area contributed by atoms with Gasteiger partial charge in [0.2, 0.25) is 0 Å². The van der Waals surface area contributed by atoms with Gasteiger partial charge in [0.05, 0.1) is 10.5 Å². The molecule has 0 saturated heterocycles. The second kappa shape index (κ2) is 6.11. The molecule has 2 rings (SSSR count). The summed E-state index contributed by atoms with van der Waals surface area (Å²) in [6.45, 7) is 3.84. The maximum Gasteiger partial charge on any atom is 0.336 e. The highest BCUT2D eigenvalue weighted by Gasteiger charge is 2.23. The van der Waals surface area contributed by atoms with E-state index in [0.29, 0.717) is 17.2 Å². The highest BCUT2D eigenvalue weighted by molar-refractivity contribution is 5.90. The number of nitro benzene ring substituents is 1. The van der Waals surface area contributed by atoms with Crippen LogP contribution in [0.5, 0.6) is 0 Å². The van der Waals surface area contributed by atoms with Gasteiger partial charge in [0, 0.05) is 23.4 Å². The monoisotopic (exact) mass is 292 g/mol. The third kappa shape index (κ3) is 3.51. The summed E-state index contributed by atoms with van der Waals surface area (Å²) in [6, 6.07) is 2.85. The average Bonchev–Trinajstić information content (AvgIpc) is 2.40. The molecule has 0 aliphatic heterocycles. The third-order valence-electron chi connectivity index (χ3n) is 4.12. The molecule has 1 saturated carbocycles. The van der Waals surface area contributed by atoms with Crippen molar-refractivity contribution in [2.24, 2.45) is 5.92 Å². The number of carboxylic acids is 1. The minimum atomic E-state index is -1.15. The minimum absolute atomic E-state index is 0.0568. The summed E-state index contributed by atoms with van der Waals surface area (Å²) in [4.78, 5) is 21.7. The summed E-state index contributed by atoms with van der Waals surface area (Å²) in [5.41, 5.74) is 0.837. The number of hydrogen-bond donors (Lipinski definition) is 2. The van der Waals surface area contributed by atoms with Crippen LogP contribution in [0.15, 0.2) is 12.1 Å². The number of anilines is 1. The molecule has 0 heterocycles. The van der Waals surface area contributed by atoms with Crippen LogP contribution in [-0.2, 0) is 0 Å². The SMILES string of the molecule is Cc1c(NC2CCCC(C)C2)cc(C(=O)O)cc1[N+](=O)[O-]. The number of carboxylic acid groups (broad SMARTS) is 1. The molecule has 1 aliphatic carbocycles. The van der Waals surface area contributed by atoms with Gasteiger partial charge in [-0.1, -0.05) is 19.8 Å². The number of nitro groups is 1. The van der Waals surface area contributed by atoms with Crippen molar-refractivity contribution in [3.05, 3.63) is 33.4 Å². The standard InChI is InChI=1S/C15H20N2O4/c1-9-4-3-5-12(6-9)16-13-7-11(15(18)19)8-14(10(13)2)17(20)21/h7-9,12,16H,3-6H2,1-2H3,(H,18,19). The Hall–Kier alpha value is -2.11. The van der Waals surface area contributed by atoms with Gasteiger partial charge in [-0.3, -0.25) is 10.1 Å². The van der Waals surface area contributed by atoms with Gasteiger partial charge in [-0.15, -0.1) is 0 Å². The molecule has 1 aliphatic rings. The van der Waals surface area contributed by atoms with E-state index in [0.717, 1.165) is 25.3 Å². The van der Waals surface area contributed by atoms with E-state index in [1.165, 1.54) is 12.5 Å². The van der Waals surface area contributed by atoms with Crippen LogP contribution in [0.1, 0.15) is 48.5 Å². The van der Waals surface area contributed by atoms with E-state index < -0.39 is 10.9 Å². The second-order valence-electron chi connectivity index (χ2n) is 5.84. The zero-order chi connectivity index (χ0) is 15.6. The largest absolute Gasteiger partial charge is 0.478 e. The molecule has 21 heavy (non-hydrogen) atoms. The lowest BCUT2D eigenvalue weighted by atomic mass is 9.87. The highest BCUT2D eigenvalue weighted by Crippen LogP contribution is 2.31. The van der Waals surface area contributed by atoms with Crippen LogP contribution in [0, 0.1) is 23.0 Å². The number of nitrogens with one attached hydrogen (secondary N) is 1. The Labute approximate surface area is 123 Å². The van der Waals surface area contributed by atoms with Crippen LogP contribution in [0.4, 0.5) is 11.4 Å². The molecule has 6 heteroatoms. The lowest BCUT2D eigenvalue weighted by Gasteiger charge is -2.29. The fourth-order valence-electron chi connectivity index (χ4n) is 2.95. The number of benzene rings is 1. The zero-order valence-corrected chi connectivity index (χ0v) is 12.3. The summed E-state index contributed by atoms with van der Waals surface area (Å²) in [5, 5.41) is 23.5. The first-order chi connectivity index (χ1) is 9.88. The van der Waals surface area contributed by atoms with Gasteiger partial charge in [-0.05, 0) is 31.7 Å². The van der Waals surface area contributed by atoms with Crippen LogP contribution in [0.3, 0.4) is 0 Å². The smallest absolute Gasteiger partial charge is 0.336 e. The first-order valence-corrected chi connectivity index (χ1v) is 7.17. The average molecular weight is 292 g/mol. The molecule has 2 N–H and O–H groups in total. The topological polar surface area (TPSA) is 92.5 Å². The van der Waals surface area contributed by atoms with Crippen molar-refractivity contribution in [2.75, 3.05) is 5.32 Å². The van der Waals surface area contributed by atoms with Crippen LogP contribution in [-0.4, -0.2) is 22.0 Å². The zero-order valence-electron chi connectivity index (χ0n) is 12.3. The van der Waals surface area contributed by atoms with E-state index in [-0.39, 0.29) is 17.3 Å². The fraction of sp³-hybridized carbons (Fsp3) is 0.533. The molecule has 0 spiro atoms. The summed E-state index contributed by atoms with van der Waals surface area (Å²) < 4.78 is 0. The van der Waals surface area contributed by atoms with Gasteiger partial charge in [-0.25, -0.2) is 4.79 Å². The van der Waals surface area contributed by atoms with Crippen LogP contribution >= 0.6 is 0 Å². The van der Waals surface area contributed by atoms with E-state index in [4.69, 9.17) is 5.11 Å². The molecular formula is C15H20N2O4. The minimum Gasteiger partial charge on any atom is -0.478 e. The Morgan fingerprint density at radius 1 is 1.43 bits per heavy atom. The van der Waals surface area contributed by atoms with E-state index in [1.54, 1.807) is 6.92 Å². The first-order valence-electron chi connectivity index (χ1n) is 7.17. The molecule has 0 amide bonds. The van der Waals surface area contributed by atoms with E-state index in [1.807, 2.05) is 0 Å². The van der Waals surface area contributed by atoms with Crippen molar-refractivity contribution in [2.45, 2.75) is 45.6 Å². The van der Waals surface area contributed by atoms with E-state index >= 15 is 0 Å². The Kier molecular flexibility index (Phi) is 4.45. The predicted molar refractivity (Wildman–Crippen MR) is 79.8 cm³/mol. The van der Waals surface area contributed by atoms with Crippen molar-refractivity contribution in [3.8, 4) is 0 Å². The van der Waals surface area contributed by atoms with Gasteiger partial charge < -0.3 is 10.4 Å². The van der Waals surface area contributed by atoms with Gasteiger partial charge >= 0.3 is 5.97 Å². The normalized spacial score (nSPS) is 21.8. The quantitative estimate of drug-likeness (QED) is 0.653. The van der Waals surface area contributed by atoms with Crippen LogP contribution in [0.2, 0.25) is 0 Å². The Morgan fingerprint density at radius 3 is 2.71 bits per heavy atom. The molecule has 1 aromatic rings. The number of rotatable bonds is 4. The predicted octanol–water partition coefficient (Wildman–Crippen LogP) is 3.59. The van der Waals surface area contributed by atoms with Gasteiger partial charge in [0.1, 0.15) is 0 Å². The maximum atomic E-state index is 11.1. The molecular weight excluding hydrogens is 272 g/mol.